The highest BCUT2D eigenvalue weighted by Gasteiger charge is 2.44. The van der Waals surface area contributed by atoms with Crippen molar-refractivity contribution in [3.63, 3.8) is 0 Å². The number of halogens is 1. The Morgan fingerprint density at radius 3 is 2.91 bits per heavy atom. The number of nitrogens with zero attached hydrogens (tertiary/aromatic N) is 3. The molecule has 0 amide bonds. The van der Waals surface area contributed by atoms with E-state index in [1.165, 1.54) is 0 Å². The minimum absolute atomic E-state index is 0.268. The lowest BCUT2D eigenvalue weighted by molar-refractivity contribution is -0.0166. The monoisotopic (exact) mass is 463 g/mol. The molecule has 9 heteroatoms. The molecule has 34 heavy (non-hydrogen) atoms. The van der Waals surface area contributed by atoms with E-state index in [-0.39, 0.29) is 5.82 Å². The Morgan fingerprint density at radius 1 is 1.21 bits per heavy atom. The van der Waals surface area contributed by atoms with Crippen molar-refractivity contribution in [3.8, 4) is 16.9 Å². The van der Waals surface area contributed by atoms with E-state index >= 15 is 4.39 Å². The molecule has 0 saturated heterocycles. The molecule has 4 heterocycles. The fraction of sp³-hybridized carbons (Fsp3) is 0.360. The maximum Gasteiger partial charge on any atom is 0.140 e. The number of benzene rings is 1. The van der Waals surface area contributed by atoms with Crippen LogP contribution in [-0.2, 0) is 13.0 Å². The Bertz CT molecular complexity index is 1350. The van der Waals surface area contributed by atoms with Crippen LogP contribution in [0.15, 0.2) is 43.0 Å². The molecule has 0 radical (unpaired) electrons. The van der Waals surface area contributed by atoms with Gasteiger partial charge in [0, 0.05) is 53.6 Å². The number of hydrogen-bond donors (Lipinski definition) is 4. The standard InChI is InChI=1S/C25H26FN5O3/c1-13-2-6-28-25-15(13)4-7-31(25)19-9-21(24(33)23(19)32)34-20-8-17(14-10-29-30-11-14)22(26)16-3-5-27-12-18(16)20/h2,4,6-8,10-11,19,21,23-24,27,32-33H,3,5,9,12H2,1H3,(H,29,30)/t19-,21+,23+,24-/m1/s1. The molecule has 4 atom stereocenters. The number of hydrogen-bond acceptors (Lipinski definition) is 6. The van der Waals surface area contributed by atoms with Crippen molar-refractivity contribution in [3.05, 3.63) is 65.5 Å². The molecule has 1 aromatic carbocycles. The third kappa shape index (κ3) is 3.31. The molecule has 4 N–H and O–H groups in total. The molecule has 3 aromatic heterocycles. The number of nitrogens with one attached hydrogen (secondary N) is 2. The second-order valence-electron chi connectivity index (χ2n) is 9.14. The zero-order valence-corrected chi connectivity index (χ0v) is 18.7. The van der Waals surface area contributed by atoms with E-state index in [2.05, 4.69) is 20.5 Å². The molecular weight excluding hydrogens is 437 g/mol. The highest BCUT2D eigenvalue weighted by Crippen LogP contribution is 2.40. The summed E-state index contributed by atoms with van der Waals surface area (Å²) in [4.78, 5) is 4.49. The predicted molar refractivity (Wildman–Crippen MR) is 124 cm³/mol. The number of pyridine rings is 1. The average Bonchev–Trinajstić information content (AvgIpc) is 3.58. The average molecular weight is 464 g/mol. The quantitative estimate of drug-likeness (QED) is 0.371. The van der Waals surface area contributed by atoms with Crippen molar-refractivity contribution in [1.82, 2.24) is 25.1 Å². The highest BCUT2D eigenvalue weighted by molar-refractivity contribution is 5.79. The zero-order chi connectivity index (χ0) is 23.4. The van der Waals surface area contributed by atoms with Crippen LogP contribution in [-0.4, -0.2) is 54.8 Å². The molecule has 0 spiro atoms. The smallest absolute Gasteiger partial charge is 0.140 e. The minimum Gasteiger partial charge on any atom is -0.487 e. The van der Waals surface area contributed by atoms with Gasteiger partial charge in [0.05, 0.1) is 12.2 Å². The van der Waals surface area contributed by atoms with Crippen LogP contribution in [0.4, 0.5) is 4.39 Å². The van der Waals surface area contributed by atoms with E-state index in [4.69, 9.17) is 4.74 Å². The summed E-state index contributed by atoms with van der Waals surface area (Å²) in [6, 6.07) is 5.20. The van der Waals surface area contributed by atoms with Crippen LogP contribution in [0.25, 0.3) is 22.2 Å². The fourth-order valence-electron chi connectivity index (χ4n) is 5.30. The number of H-pyrrole nitrogens is 1. The van der Waals surface area contributed by atoms with Crippen LogP contribution in [0.5, 0.6) is 5.75 Å². The van der Waals surface area contributed by atoms with Crippen molar-refractivity contribution in [2.45, 2.75) is 50.7 Å². The first kappa shape index (κ1) is 21.3. The second kappa shape index (κ2) is 8.19. The van der Waals surface area contributed by atoms with Gasteiger partial charge >= 0.3 is 0 Å². The molecule has 0 unspecified atom stereocenters. The van der Waals surface area contributed by atoms with E-state index in [1.807, 2.05) is 29.8 Å². The number of aryl methyl sites for hydroxylation is 1. The molecule has 1 aliphatic carbocycles. The van der Waals surface area contributed by atoms with E-state index in [9.17, 15) is 10.2 Å². The molecule has 0 bridgehead atoms. The molecule has 4 aromatic rings. The Balaban J connectivity index is 1.35. The summed E-state index contributed by atoms with van der Waals surface area (Å²) in [5, 5.41) is 32.8. The third-order valence-corrected chi connectivity index (χ3v) is 7.17. The lowest BCUT2D eigenvalue weighted by atomic mass is 9.94. The van der Waals surface area contributed by atoms with Crippen LogP contribution in [0.1, 0.15) is 29.2 Å². The Morgan fingerprint density at radius 2 is 2.09 bits per heavy atom. The lowest BCUT2D eigenvalue weighted by Crippen LogP contribution is -2.35. The van der Waals surface area contributed by atoms with Gasteiger partial charge in [-0.15, -0.1) is 0 Å². The first-order chi connectivity index (χ1) is 16.5. The SMILES string of the molecule is Cc1ccnc2c1ccn2[C@@H]1C[C@H](Oc2cc(-c3cn[nH]c3)c(F)c3c2CNCC3)[C@@H](O)[C@H]1O. The van der Waals surface area contributed by atoms with Gasteiger partial charge in [0.15, 0.2) is 0 Å². The van der Waals surface area contributed by atoms with E-state index in [0.717, 1.165) is 22.2 Å². The third-order valence-electron chi connectivity index (χ3n) is 7.17. The Hall–Kier alpha value is -3.27. The van der Waals surface area contributed by atoms with Gasteiger partial charge in [-0.2, -0.15) is 5.10 Å². The van der Waals surface area contributed by atoms with Crippen molar-refractivity contribution >= 4 is 11.0 Å². The number of ether oxygens (including phenoxy) is 1. The van der Waals surface area contributed by atoms with Gasteiger partial charge in [-0.3, -0.25) is 5.10 Å². The number of fused-ring (bicyclic) bond motifs is 2. The summed E-state index contributed by atoms with van der Waals surface area (Å²) in [6.07, 6.45) is 5.02. The molecule has 1 aliphatic heterocycles. The molecule has 6 rings (SSSR count). The molecule has 1 saturated carbocycles. The van der Waals surface area contributed by atoms with Crippen molar-refractivity contribution in [2.75, 3.05) is 6.54 Å². The zero-order valence-electron chi connectivity index (χ0n) is 18.7. The van der Waals surface area contributed by atoms with Crippen LogP contribution in [0, 0.1) is 12.7 Å². The van der Waals surface area contributed by atoms with Gasteiger partial charge in [0.1, 0.15) is 35.5 Å². The Kier molecular flexibility index (Phi) is 5.13. The van der Waals surface area contributed by atoms with Gasteiger partial charge in [-0.05, 0) is 49.2 Å². The van der Waals surface area contributed by atoms with Crippen molar-refractivity contribution in [2.24, 2.45) is 0 Å². The lowest BCUT2D eigenvalue weighted by Gasteiger charge is -2.26. The first-order valence-corrected chi connectivity index (χ1v) is 11.5. The molecular formula is C25H26FN5O3. The van der Waals surface area contributed by atoms with Gasteiger partial charge < -0.3 is 24.8 Å². The van der Waals surface area contributed by atoms with E-state index < -0.39 is 24.4 Å². The maximum atomic E-state index is 15.4. The van der Waals surface area contributed by atoms with Crippen LogP contribution in [0.3, 0.4) is 0 Å². The van der Waals surface area contributed by atoms with E-state index in [1.54, 1.807) is 24.7 Å². The number of aromatic amines is 1. The summed E-state index contributed by atoms with van der Waals surface area (Å²) < 4.78 is 23.6. The normalized spacial score (nSPS) is 24.5. The second-order valence-corrected chi connectivity index (χ2v) is 9.14. The molecule has 8 nitrogen and oxygen atoms in total. The molecule has 176 valence electrons. The topological polar surface area (TPSA) is 108 Å². The van der Waals surface area contributed by atoms with Gasteiger partial charge in [-0.1, -0.05) is 0 Å². The number of aliphatic hydroxyl groups is 2. The number of aliphatic hydroxyl groups excluding tert-OH is 2. The van der Waals surface area contributed by atoms with Gasteiger partial charge in [0.2, 0.25) is 0 Å². The van der Waals surface area contributed by atoms with Crippen molar-refractivity contribution in [1.29, 1.82) is 0 Å². The first-order valence-electron chi connectivity index (χ1n) is 11.5. The fourth-order valence-corrected chi connectivity index (χ4v) is 5.30. The van der Waals surface area contributed by atoms with Crippen LogP contribution in [0.2, 0.25) is 0 Å². The van der Waals surface area contributed by atoms with Crippen LogP contribution < -0.4 is 10.1 Å². The summed E-state index contributed by atoms with van der Waals surface area (Å²) in [5.74, 6) is 0.249. The summed E-state index contributed by atoms with van der Waals surface area (Å²) in [5.41, 5.74) is 4.28. The minimum atomic E-state index is -1.10. The van der Waals surface area contributed by atoms with Gasteiger partial charge in [0.25, 0.3) is 0 Å². The summed E-state index contributed by atoms with van der Waals surface area (Å²) in [6.45, 7) is 3.18. The summed E-state index contributed by atoms with van der Waals surface area (Å²) in [7, 11) is 0. The van der Waals surface area contributed by atoms with Crippen molar-refractivity contribution < 1.29 is 19.3 Å². The number of rotatable bonds is 4. The van der Waals surface area contributed by atoms with E-state index in [0.29, 0.717) is 48.4 Å². The highest BCUT2D eigenvalue weighted by atomic mass is 19.1. The van der Waals surface area contributed by atoms with Crippen LogP contribution >= 0.6 is 0 Å². The number of aromatic nitrogens is 4. The molecule has 1 fully saturated rings. The van der Waals surface area contributed by atoms with Gasteiger partial charge in [-0.25, -0.2) is 9.37 Å². The Labute approximate surface area is 195 Å². The summed E-state index contributed by atoms with van der Waals surface area (Å²) >= 11 is 0. The predicted octanol–water partition coefficient (Wildman–Crippen LogP) is 2.63. The largest absolute Gasteiger partial charge is 0.487 e. The maximum absolute atomic E-state index is 15.4. The molecule has 2 aliphatic rings.